The summed E-state index contributed by atoms with van der Waals surface area (Å²) in [6.07, 6.45) is 5.10. The zero-order valence-corrected chi connectivity index (χ0v) is 18.0. The van der Waals surface area contributed by atoms with Gasteiger partial charge in [0.1, 0.15) is 17.8 Å². The fourth-order valence-electron chi connectivity index (χ4n) is 4.09. The minimum absolute atomic E-state index is 0.0835. The van der Waals surface area contributed by atoms with Crippen molar-refractivity contribution in [1.82, 2.24) is 19.9 Å². The van der Waals surface area contributed by atoms with Crippen molar-refractivity contribution in [3.05, 3.63) is 109 Å². The van der Waals surface area contributed by atoms with E-state index in [2.05, 4.69) is 42.7 Å². The number of aromatic amines is 2. The molecule has 7 nitrogen and oxygen atoms in total. The first-order chi connectivity index (χ1) is 16.7. The summed E-state index contributed by atoms with van der Waals surface area (Å²) in [6.45, 7) is 0. The van der Waals surface area contributed by atoms with Crippen LogP contribution in [0.4, 0.5) is 22.9 Å². The summed E-state index contributed by atoms with van der Waals surface area (Å²) in [5.41, 5.74) is 5.57. The minimum Gasteiger partial charge on any atom is -0.361 e. The number of rotatable bonds is 6. The van der Waals surface area contributed by atoms with Gasteiger partial charge in [-0.25, -0.2) is 9.97 Å². The lowest BCUT2D eigenvalue weighted by molar-refractivity contribution is 0.104. The van der Waals surface area contributed by atoms with Crippen molar-refractivity contribution in [1.29, 1.82) is 0 Å². The molecule has 0 amide bonds. The fourth-order valence-corrected chi connectivity index (χ4v) is 4.09. The molecule has 0 bridgehead atoms. The second-order valence-corrected chi connectivity index (χ2v) is 7.95. The van der Waals surface area contributed by atoms with E-state index in [1.165, 1.54) is 11.7 Å². The van der Waals surface area contributed by atoms with Gasteiger partial charge < -0.3 is 20.6 Å². The summed E-state index contributed by atoms with van der Waals surface area (Å²) >= 11 is 0. The van der Waals surface area contributed by atoms with Crippen molar-refractivity contribution in [2.75, 3.05) is 10.6 Å². The van der Waals surface area contributed by atoms with Gasteiger partial charge in [0.15, 0.2) is 5.78 Å². The Morgan fingerprint density at radius 2 is 1.59 bits per heavy atom. The molecule has 0 aliphatic carbocycles. The lowest BCUT2D eigenvalue weighted by atomic mass is 10.0. The maximum Gasteiger partial charge on any atom is 0.195 e. The Hall–Kier alpha value is -4.91. The Kier molecular flexibility index (Phi) is 4.77. The van der Waals surface area contributed by atoms with Gasteiger partial charge in [-0.1, -0.05) is 42.5 Å². The van der Waals surface area contributed by atoms with E-state index in [1.54, 1.807) is 18.3 Å². The predicted molar refractivity (Wildman–Crippen MR) is 135 cm³/mol. The molecule has 3 aromatic carbocycles. The van der Waals surface area contributed by atoms with E-state index < -0.39 is 0 Å². The zero-order valence-electron chi connectivity index (χ0n) is 18.0. The summed E-state index contributed by atoms with van der Waals surface area (Å²) < 4.78 is 0. The predicted octanol–water partition coefficient (Wildman–Crippen LogP) is 6.16. The zero-order chi connectivity index (χ0) is 22.9. The van der Waals surface area contributed by atoms with E-state index in [-0.39, 0.29) is 5.78 Å². The van der Waals surface area contributed by atoms with Crippen LogP contribution in [0.3, 0.4) is 0 Å². The van der Waals surface area contributed by atoms with Gasteiger partial charge >= 0.3 is 0 Å². The Bertz CT molecular complexity index is 1630. The molecule has 0 atom stereocenters. The van der Waals surface area contributed by atoms with Crippen LogP contribution < -0.4 is 10.6 Å². The van der Waals surface area contributed by atoms with E-state index in [4.69, 9.17) is 0 Å². The monoisotopic (exact) mass is 444 g/mol. The van der Waals surface area contributed by atoms with Crippen LogP contribution in [0.25, 0.3) is 21.9 Å². The summed E-state index contributed by atoms with van der Waals surface area (Å²) in [4.78, 5) is 28.2. The topological polar surface area (TPSA) is 98.5 Å². The molecule has 0 aliphatic rings. The number of carbonyl (C=O) groups is 1. The van der Waals surface area contributed by atoms with Crippen LogP contribution in [0.2, 0.25) is 0 Å². The molecule has 0 saturated heterocycles. The number of hydrogen-bond donors (Lipinski definition) is 4. The maximum atomic E-state index is 13.1. The van der Waals surface area contributed by atoms with Crippen molar-refractivity contribution in [3.8, 4) is 0 Å². The summed E-state index contributed by atoms with van der Waals surface area (Å²) in [7, 11) is 0. The van der Waals surface area contributed by atoms with Crippen LogP contribution in [-0.4, -0.2) is 25.7 Å². The van der Waals surface area contributed by atoms with Crippen molar-refractivity contribution in [2.45, 2.75) is 0 Å². The van der Waals surface area contributed by atoms with E-state index in [0.717, 1.165) is 22.6 Å². The Labute approximate surface area is 194 Å². The first kappa shape index (κ1) is 19.8. The highest BCUT2D eigenvalue weighted by atomic mass is 16.1. The van der Waals surface area contributed by atoms with Crippen LogP contribution in [0, 0.1) is 0 Å². The molecule has 4 N–H and O–H groups in total. The van der Waals surface area contributed by atoms with Gasteiger partial charge in [0.05, 0.1) is 10.9 Å². The minimum atomic E-state index is -0.0835. The highest BCUT2D eigenvalue weighted by Crippen LogP contribution is 2.29. The second kappa shape index (κ2) is 8.22. The number of nitrogens with zero attached hydrogens (tertiary/aromatic N) is 2. The first-order valence-electron chi connectivity index (χ1n) is 10.9. The third-order valence-corrected chi connectivity index (χ3v) is 5.72. The highest BCUT2D eigenvalue weighted by Gasteiger charge is 2.18. The molecule has 3 aromatic heterocycles. The lowest BCUT2D eigenvalue weighted by Gasteiger charge is -2.11. The van der Waals surface area contributed by atoms with Gasteiger partial charge in [-0.3, -0.25) is 4.79 Å². The molecule has 7 heteroatoms. The van der Waals surface area contributed by atoms with Gasteiger partial charge in [-0.05, 0) is 41.8 Å². The SMILES string of the molecule is O=C(c1ccccc1)c1c[nH]c2ncnc(Nc3cccc(Nc4ccc5cc[nH]c5c4)c3)c12. The smallest absolute Gasteiger partial charge is 0.195 e. The van der Waals surface area contributed by atoms with Gasteiger partial charge in [0.2, 0.25) is 0 Å². The Balaban J connectivity index is 1.31. The van der Waals surface area contributed by atoms with Gasteiger partial charge in [-0.15, -0.1) is 0 Å². The molecule has 0 radical (unpaired) electrons. The van der Waals surface area contributed by atoms with Crippen molar-refractivity contribution in [3.63, 3.8) is 0 Å². The maximum absolute atomic E-state index is 13.1. The standard InChI is InChI=1S/C27H20N6O/c34-25(18-5-2-1-3-6-18)22-15-29-26-24(22)27(31-16-30-26)33-20-8-4-7-19(13-20)32-21-10-9-17-11-12-28-23(17)14-21/h1-16,28,32H,(H2,29,30,31,33). The molecule has 6 aromatic rings. The van der Waals surface area contributed by atoms with Gasteiger partial charge in [0, 0.05) is 40.5 Å². The number of nitrogens with one attached hydrogen (secondary N) is 4. The highest BCUT2D eigenvalue weighted by molar-refractivity contribution is 6.18. The number of H-pyrrole nitrogens is 2. The molecule has 0 aliphatic heterocycles. The number of anilines is 4. The average Bonchev–Trinajstić information content (AvgIpc) is 3.52. The normalized spacial score (nSPS) is 11.1. The van der Waals surface area contributed by atoms with E-state index in [9.17, 15) is 4.79 Å². The largest absolute Gasteiger partial charge is 0.361 e. The lowest BCUT2D eigenvalue weighted by Crippen LogP contribution is -2.02. The first-order valence-corrected chi connectivity index (χ1v) is 10.9. The molecule has 0 fully saturated rings. The van der Waals surface area contributed by atoms with Gasteiger partial charge in [-0.2, -0.15) is 0 Å². The number of hydrogen-bond acceptors (Lipinski definition) is 5. The quantitative estimate of drug-likeness (QED) is 0.231. The number of fused-ring (bicyclic) bond motifs is 2. The number of carbonyl (C=O) groups excluding carboxylic acids is 1. The molecular formula is C27H20N6O. The summed E-state index contributed by atoms with van der Waals surface area (Å²) in [5, 5.41) is 8.63. The number of aromatic nitrogens is 4. The third kappa shape index (κ3) is 3.65. The second-order valence-electron chi connectivity index (χ2n) is 7.95. The molecular weight excluding hydrogens is 424 g/mol. The van der Waals surface area contributed by atoms with Crippen LogP contribution in [-0.2, 0) is 0 Å². The third-order valence-electron chi connectivity index (χ3n) is 5.72. The van der Waals surface area contributed by atoms with Crippen LogP contribution in [0.1, 0.15) is 15.9 Å². The summed E-state index contributed by atoms with van der Waals surface area (Å²) in [5.74, 6) is 0.482. The van der Waals surface area contributed by atoms with Crippen molar-refractivity contribution < 1.29 is 4.79 Å². The molecule has 34 heavy (non-hydrogen) atoms. The molecule has 6 rings (SSSR count). The number of ketones is 1. The molecule has 0 unspecified atom stereocenters. The van der Waals surface area contributed by atoms with E-state index in [1.807, 2.05) is 60.8 Å². The molecule has 3 heterocycles. The van der Waals surface area contributed by atoms with Crippen molar-refractivity contribution in [2.24, 2.45) is 0 Å². The van der Waals surface area contributed by atoms with E-state index >= 15 is 0 Å². The van der Waals surface area contributed by atoms with Crippen LogP contribution in [0.5, 0.6) is 0 Å². The van der Waals surface area contributed by atoms with E-state index in [0.29, 0.717) is 28.0 Å². The molecule has 0 spiro atoms. The summed E-state index contributed by atoms with van der Waals surface area (Å²) in [6, 6.07) is 25.4. The van der Waals surface area contributed by atoms with Crippen molar-refractivity contribution >= 4 is 50.6 Å². The van der Waals surface area contributed by atoms with Crippen LogP contribution in [0.15, 0.2) is 97.6 Å². The Morgan fingerprint density at radius 3 is 2.47 bits per heavy atom. The number of benzene rings is 3. The Morgan fingerprint density at radius 1 is 0.765 bits per heavy atom. The molecule has 0 saturated carbocycles. The van der Waals surface area contributed by atoms with Crippen LogP contribution >= 0.6 is 0 Å². The fraction of sp³-hybridized carbons (Fsp3) is 0. The molecule has 164 valence electrons. The van der Waals surface area contributed by atoms with Gasteiger partial charge in [0.25, 0.3) is 0 Å². The average molecular weight is 444 g/mol.